The van der Waals surface area contributed by atoms with Crippen LogP contribution in [0.4, 0.5) is 5.69 Å². The number of aryl methyl sites for hydroxylation is 1. The molecule has 0 unspecified atom stereocenters. The molecule has 0 saturated carbocycles. The lowest BCUT2D eigenvalue weighted by Gasteiger charge is -2.29. The van der Waals surface area contributed by atoms with E-state index in [9.17, 15) is 9.59 Å². The molecule has 0 fully saturated rings. The summed E-state index contributed by atoms with van der Waals surface area (Å²) in [5.74, 6) is 0.0627. The highest BCUT2D eigenvalue weighted by Crippen LogP contribution is 2.27. The number of rotatable bonds is 6. The molecule has 5 nitrogen and oxygen atoms in total. The lowest BCUT2D eigenvalue weighted by Crippen LogP contribution is -2.38. The molecule has 3 N–H and O–H groups in total. The minimum atomic E-state index is -0.0331. The number of nitrogens with one attached hydrogen (secondary N) is 1. The highest BCUT2D eigenvalue weighted by Gasteiger charge is 2.23. The molecule has 0 aliphatic carbocycles. The number of para-hydroxylation sites is 1. The second kappa shape index (κ2) is 7.05. The predicted octanol–water partition coefficient (Wildman–Crippen LogP) is 0.821. The molecule has 0 aromatic heterocycles. The Morgan fingerprint density at radius 1 is 1.30 bits per heavy atom. The summed E-state index contributed by atoms with van der Waals surface area (Å²) in [7, 11) is 0. The minimum absolute atomic E-state index is 0.0331. The molecule has 0 saturated heterocycles. The third-order valence-corrected chi connectivity index (χ3v) is 3.46. The van der Waals surface area contributed by atoms with Gasteiger partial charge in [-0.15, -0.1) is 0 Å². The number of carbonyl (C=O) groups excluding carboxylic acids is 2. The van der Waals surface area contributed by atoms with E-state index in [0.29, 0.717) is 32.5 Å². The predicted molar refractivity (Wildman–Crippen MR) is 78.4 cm³/mol. The Morgan fingerprint density at radius 3 is 2.90 bits per heavy atom. The Labute approximate surface area is 119 Å². The summed E-state index contributed by atoms with van der Waals surface area (Å²) in [6, 6.07) is 7.88. The molecule has 1 aliphatic heterocycles. The Kier molecular flexibility index (Phi) is 5.12. The second-order valence-corrected chi connectivity index (χ2v) is 4.92. The number of carbonyl (C=O) groups is 2. The quantitative estimate of drug-likeness (QED) is 0.755. The fraction of sp³-hybridized carbons (Fsp3) is 0.467. The first kappa shape index (κ1) is 14.5. The van der Waals surface area contributed by atoms with E-state index in [1.165, 1.54) is 5.56 Å². The summed E-state index contributed by atoms with van der Waals surface area (Å²) in [4.78, 5) is 25.4. The zero-order valence-electron chi connectivity index (χ0n) is 11.6. The number of fused-ring (bicyclic) bond motifs is 1. The Bertz CT molecular complexity index is 488. The number of amides is 2. The van der Waals surface area contributed by atoms with E-state index >= 15 is 0 Å². The summed E-state index contributed by atoms with van der Waals surface area (Å²) in [5.41, 5.74) is 7.49. The number of hydrogen-bond acceptors (Lipinski definition) is 3. The van der Waals surface area contributed by atoms with Crippen molar-refractivity contribution in [3.63, 3.8) is 0 Å². The van der Waals surface area contributed by atoms with Crippen molar-refractivity contribution in [2.45, 2.75) is 25.7 Å². The van der Waals surface area contributed by atoms with E-state index in [2.05, 4.69) is 5.32 Å². The molecule has 2 rings (SSSR count). The topological polar surface area (TPSA) is 75.4 Å². The maximum absolute atomic E-state index is 12.0. The van der Waals surface area contributed by atoms with Crippen LogP contribution in [-0.2, 0) is 16.0 Å². The summed E-state index contributed by atoms with van der Waals surface area (Å²) >= 11 is 0. The van der Waals surface area contributed by atoms with Gasteiger partial charge in [-0.2, -0.15) is 0 Å². The van der Waals surface area contributed by atoms with E-state index in [4.69, 9.17) is 5.73 Å². The fourth-order valence-electron chi connectivity index (χ4n) is 2.37. The SMILES string of the molecule is NCCCNC(=O)CCN1C(=O)CCc2ccccc21. The third kappa shape index (κ3) is 3.57. The van der Waals surface area contributed by atoms with E-state index < -0.39 is 0 Å². The molecule has 0 spiro atoms. The highest BCUT2D eigenvalue weighted by molar-refractivity contribution is 5.96. The number of nitrogens with two attached hydrogens (primary N) is 1. The van der Waals surface area contributed by atoms with Gasteiger partial charge in [0.2, 0.25) is 11.8 Å². The van der Waals surface area contributed by atoms with Crippen LogP contribution in [0.15, 0.2) is 24.3 Å². The molecular weight excluding hydrogens is 254 g/mol. The molecule has 1 aromatic rings. The van der Waals surface area contributed by atoms with Crippen molar-refractivity contribution in [3.05, 3.63) is 29.8 Å². The molecule has 5 heteroatoms. The van der Waals surface area contributed by atoms with Gasteiger partial charge in [-0.05, 0) is 31.0 Å². The first-order valence-corrected chi connectivity index (χ1v) is 7.07. The number of anilines is 1. The van der Waals surface area contributed by atoms with Crippen molar-refractivity contribution in [2.24, 2.45) is 5.73 Å². The van der Waals surface area contributed by atoms with Crippen molar-refractivity contribution in [1.82, 2.24) is 5.32 Å². The lowest BCUT2D eigenvalue weighted by molar-refractivity contribution is -0.121. The van der Waals surface area contributed by atoms with Gasteiger partial charge in [0, 0.05) is 31.6 Å². The van der Waals surface area contributed by atoms with E-state index in [1.54, 1.807) is 4.90 Å². The van der Waals surface area contributed by atoms with Crippen molar-refractivity contribution in [1.29, 1.82) is 0 Å². The number of nitrogens with zero attached hydrogens (tertiary/aromatic N) is 1. The van der Waals surface area contributed by atoms with Gasteiger partial charge >= 0.3 is 0 Å². The van der Waals surface area contributed by atoms with Gasteiger partial charge in [-0.25, -0.2) is 0 Å². The Morgan fingerprint density at radius 2 is 2.10 bits per heavy atom. The van der Waals surface area contributed by atoms with E-state index in [0.717, 1.165) is 18.5 Å². The molecule has 108 valence electrons. The average molecular weight is 275 g/mol. The van der Waals surface area contributed by atoms with Gasteiger partial charge in [-0.1, -0.05) is 18.2 Å². The normalized spacial score (nSPS) is 14.1. The van der Waals surface area contributed by atoms with Gasteiger partial charge < -0.3 is 16.0 Å². The van der Waals surface area contributed by atoms with Gasteiger partial charge in [-0.3, -0.25) is 9.59 Å². The van der Waals surface area contributed by atoms with Crippen LogP contribution in [0.2, 0.25) is 0 Å². The van der Waals surface area contributed by atoms with Crippen LogP contribution >= 0.6 is 0 Å². The monoisotopic (exact) mass is 275 g/mol. The van der Waals surface area contributed by atoms with Crippen LogP contribution in [0.5, 0.6) is 0 Å². The molecule has 0 atom stereocenters. The molecule has 0 bridgehead atoms. The summed E-state index contributed by atoms with van der Waals surface area (Å²) in [6.07, 6.45) is 2.40. The summed E-state index contributed by atoms with van der Waals surface area (Å²) in [5, 5.41) is 2.81. The second-order valence-electron chi connectivity index (χ2n) is 4.92. The van der Waals surface area contributed by atoms with Gasteiger partial charge in [0.05, 0.1) is 0 Å². The summed E-state index contributed by atoms with van der Waals surface area (Å²) in [6.45, 7) is 1.60. The Balaban J connectivity index is 1.92. The van der Waals surface area contributed by atoms with Crippen molar-refractivity contribution < 1.29 is 9.59 Å². The number of hydrogen-bond donors (Lipinski definition) is 2. The van der Waals surface area contributed by atoms with Crippen LogP contribution in [0, 0.1) is 0 Å². The highest BCUT2D eigenvalue weighted by atomic mass is 16.2. The third-order valence-electron chi connectivity index (χ3n) is 3.46. The van der Waals surface area contributed by atoms with Crippen molar-refractivity contribution in [3.8, 4) is 0 Å². The smallest absolute Gasteiger partial charge is 0.227 e. The lowest BCUT2D eigenvalue weighted by atomic mass is 10.0. The Hall–Kier alpha value is -1.88. The number of benzene rings is 1. The van der Waals surface area contributed by atoms with Gasteiger partial charge in [0.1, 0.15) is 0 Å². The zero-order chi connectivity index (χ0) is 14.4. The molecule has 20 heavy (non-hydrogen) atoms. The minimum Gasteiger partial charge on any atom is -0.356 e. The average Bonchev–Trinajstić information content (AvgIpc) is 2.46. The van der Waals surface area contributed by atoms with Gasteiger partial charge in [0.25, 0.3) is 0 Å². The maximum Gasteiger partial charge on any atom is 0.227 e. The molecule has 1 heterocycles. The largest absolute Gasteiger partial charge is 0.356 e. The van der Waals surface area contributed by atoms with Crippen LogP contribution in [0.3, 0.4) is 0 Å². The molecule has 0 radical (unpaired) electrons. The van der Waals surface area contributed by atoms with Crippen LogP contribution in [-0.4, -0.2) is 31.4 Å². The molecular formula is C15H21N3O2. The first-order valence-electron chi connectivity index (χ1n) is 7.07. The van der Waals surface area contributed by atoms with Crippen LogP contribution in [0.1, 0.15) is 24.8 Å². The van der Waals surface area contributed by atoms with Crippen molar-refractivity contribution in [2.75, 3.05) is 24.5 Å². The van der Waals surface area contributed by atoms with Crippen LogP contribution in [0.25, 0.3) is 0 Å². The van der Waals surface area contributed by atoms with Gasteiger partial charge in [0.15, 0.2) is 0 Å². The van der Waals surface area contributed by atoms with Crippen molar-refractivity contribution >= 4 is 17.5 Å². The standard InChI is InChI=1S/C15H21N3O2/c16-9-3-10-17-14(19)8-11-18-13-5-2-1-4-12(13)6-7-15(18)20/h1-2,4-5H,3,6-11,16H2,(H,17,19). The van der Waals surface area contributed by atoms with Crippen LogP contribution < -0.4 is 16.0 Å². The fourth-order valence-corrected chi connectivity index (χ4v) is 2.37. The summed E-state index contributed by atoms with van der Waals surface area (Å²) < 4.78 is 0. The molecule has 1 aliphatic rings. The van der Waals surface area contributed by atoms with E-state index in [-0.39, 0.29) is 11.8 Å². The first-order chi connectivity index (χ1) is 9.72. The zero-order valence-corrected chi connectivity index (χ0v) is 11.6. The maximum atomic E-state index is 12.0. The molecule has 1 aromatic carbocycles. The van der Waals surface area contributed by atoms with E-state index in [1.807, 2.05) is 24.3 Å². The molecule has 2 amide bonds.